The van der Waals surface area contributed by atoms with Gasteiger partial charge in [0.15, 0.2) is 4.77 Å². The van der Waals surface area contributed by atoms with Gasteiger partial charge < -0.3 is 14.7 Å². The summed E-state index contributed by atoms with van der Waals surface area (Å²) < 4.78 is 16.0. The van der Waals surface area contributed by atoms with Crippen LogP contribution in [-0.4, -0.2) is 20.8 Å². The SMILES string of the molecule is OC1CCC(n2c(=S)[nH]c3ccc(F)cc32)CC1. The number of halogens is 1. The minimum atomic E-state index is -0.249. The predicted octanol–water partition coefficient (Wildman–Crippen LogP) is 3.31. The molecule has 2 N–H and O–H groups in total. The normalized spacial score (nSPS) is 24.6. The molecule has 0 saturated heterocycles. The summed E-state index contributed by atoms with van der Waals surface area (Å²) in [5.74, 6) is -0.249. The van der Waals surface area contributed by atoms with Crippen LogP contribution in [0.1, 0.15) is 31.7 Å². The molecular weight excluding hydrogens is 251 g/mol. The molecule has 1 aromatic heterocycles. The van der Waals surface area contributed by atoms with Gasteiger partial charge in [0, 0.05) is 6.04 Å². The lowest BCUT2D eigenvalue weighted by Crippen LogP contribution is -2.21. The number of nitrogens with one attached hydrogen (secondary N) is 1. The van der Waals surface area contributed by atoms with Crippen molar-refractivity contribution in [3.63, 3.8) is 0 Å². The summed E-state index contributed by atoms with van der Waals surface area (Å²) in [6.45, 7) is 0. The fourth-order valence-corrected chi connectivity index (χ4v) is 3.13. The van der Waals surface area contributed by atoms with Crippen molar-refractivity contribution in [1.82, 2.24) is 9.55 Å². The molecule has 1 aromatic carbocycles. The number of aliphatic hydroxyl groups excluding tert-OH is 1. The van der Waals surface area contributed by atoms with Crippen LogP contribution in [0.3, 0.4) is 0 Å². The molecule has 0 amide bonds. The molecular formula is C13H15FN2OS. The van der Waals surface area contributed by atoms with Crippen molar-refractivity contribution >= 4 is 23.3 Å². The standard InChI is InChI=1S/C13H15FN2OS/c14-8-1-6-11-12(7-8)16(13(18)15-11)9-2-4-10(17)5-3-9/h1,6-7,9-10,17H,2-5H2,(H,15,18). The molecule has 0 aliphatic heterocycles. The molecule has 3 nitrogen and oxygen atoms in total. The molecule has 1 fully saturated rings. The molecule has 0 spiro atoms. The van der Waals surface area contributed by atoms with Crippen LogP contribution in [0, 0.1) is 10.6 Å². The Labute approximate surface area is 109 Å². The smallest absolute Gasteiger partial charge is 0.178 e. The molecule has 0 bridgehead atoms. The topological polar surface area (TPSA) is 41.0 Å². The van der Waals surface area contributed by atoms with Crippen LogP contribution in [0.4, 0.5) is 4.39 Å². The van der Waals surface area contributed by atoms with Crippen LogP contribution in [0.5, 0.6) is 0 Å². The van der Waals surface area contributed by atoms with Crippen LogP contribution in [-0.2, 0) is 0 Å². The van der Waals surface area contributed by atoms with Gasteiger partial charge in [0.05, 0.1) is 17.1 Å². The highest BCUT2D eigenvalue weighted by molar-refractivity contribution is 7.71. The first-order valence-corrected chi connectivity index (χ1v) is 6.64. The number of aromatic amines is 1. The number of hydrogen-bond acceptors (Lipinski definition) is 2. The second kappa shape index (κ2) is 4.48. The van der Waals surface area contributed by atoms with E-state index in [0.29, 0.717) is 4.77 Å². The van der Waals surface area contributed by atoms with E-state index in [1.807, 2.05) is 4.57 Å². The van der Waals surface area contributed by atoms with Gasteiger partial charge in [-0.3, -0.25) is 0 Å². The number of fused-ring (bicyclic) bond motifs is 1. The lowest BCUT2D eigenvalue weighted by molar-refractivity contribution is 0.111. The van der Waals surface area contributed by atoms with E-state index in [4.69, 9.17) is 12.2 Å². The van der Waals surface area contributed by atoms with Crippen molar-refractivity contribution in [3.8, 4) is 0 Å². The second-order valence-electron chi connectivity index (χ2n) is 4.92. The maximum atomic E-state index is 13.4. The Morgan fingerprint density at radius 2 is 2.00 bits per heavy atom. The minimum Gasteiger partial charge on any atom is -0.393 e. The maximum absolute atomic E-state index is 13.4. The van der Waals surface area contributed by atoms with Gasteiger partial charge in [0.1, 0.15) is 5.82 Å². The first kappa shape index (κ1) is 11.9. The Morgan fingerprint density at radius 1 is 1.28 bits per heavy atom. The molecule has 2 aromatic rings. The Bertz CT molecular complexity index is 625. The van der Waals surface area contributed by atoms with Crippen LogP contribution >= 0.6 is 12.2 Å². The van der Waals surface area contributed by atoms with Crippen molar-refractivity contribution in [2.75, 3.05) is 0 Å². The molecule has 0 atom stereocenters. The minimum absolute atomic E-state index is 0.197. The average Bonchev–Trinajstić information content (AvgIpc) is 2.66. The van der Waals surface area contributed by atoms with Gasteiger partial charge in [-0.05, 0) is 56.1 Å². The summed E-state index contributed by atoms with van der Waals surface area (Å²) in [5, 5.41) is 9.55. The molecule has 1 aliphatic carbocycles. The highest BCUT2D eigenvalue weighted by atomic mass is 32.1. The number of H-pyrrole nitrogens is 1. The van der Waals surface area contributed by atoms with E-state index in [-0.39, 0.29) is 18.0 Å². The highest BCUT2D eigenvalue weighted by Crippen LogP contribution is 2.31. The summed E-state index contributed by atoms with van der Waals surface area (Å²) in [6.07, 6.45) is 3.15. The van der Waals surface area contributed by atoms with Crippen molar-refractivity contribution in [3.05, 3.63) is 28.8 Å². The Hall–Kier alpha value is -1.20. The lowest BCUT2D eigenvalue weighted by Gasteiger charge is -2.26. The van der Waals surface area contributed by atoms with Crippen LogP contribution in [0.2, 0.25) is 0 Å². The van der Waals surface area contributed by atoms with Crippen LogP contribution < -0.4 is 0 Å². The summed E-state index contributed by atoms with van der Waals surface area (Å²) in [4.78, 5) is 3.11. The summed E-state index contributed by atoms with van der Waals surface area (Å²) in [6, 6.07) is 4.93. The first-order chi connectivity index (χ1) is 8.65. The van der Waals surface area contributed by atoms with Gasteiger partial charge in [-0.2, -0.15) is 0 Å². The third-order valence-electron chi connectivity index (χ3n) is 3.71. The second-order valence-corrected chi connectivity index (χ2v) is 5.31. The zero-order chi connectivity index (χ0) is 12.7. The molecule has 96 valence electrons. The zero-order valence-corrected chi connectivity index (χ0v) is 10.7. The van der Waals surface area contributed by atoms with Gasteiger partial charge in [0.25, 0.3) is 0 Å². The molecule has 1 aliphatic rings. The lowest BCUT2D eigenvalue weighted by atomic mass is 9.93. The van der Waals surface area contributed by atoms with Gasteiger partial charge in [-0.15, -0.1) is 0 Å². The Morgan fingerprint density at radius 3 is 2.72 bits per heavy atom. The molecule has 0 radical (unpaired) electrons. The zero-order valence-electron chi connectivity index (χ0n) is 9.90. The Balaban J connectivity index is 2.08. The number of imidazole rings is 1. The van der Waals surface area contributed by atoms with Gasteiger partial charge in [0.2, 0.25) is 0 Å². The highest BCUT2D eigenvalue weighted by Gasteiger charge is 2.22. The number of aliphatic hydroxyl groups is 1. The average molecular weight is 266 g/mol. The molecule has 1 heterocycles. The monoisotopic (exact) mass is 266 g/mol. The van der Waals surface area contributed by atoms with Gasteiger partial charge in [-0.1, -0.05) is 0 Å². The molecule has 0 unspecified atom stereocenters. The largest absolute Gasteiger partial charge is 0.393 e. The fraction of sp³-hybridized carbons (Fsp3) is 0.462. The number of hydrogen-bond donors (Lipinski definition) is 2. The molecule has 18 heavy (non-hydrogen) atoms. The molecule has 3 rings (SSSR count). The summed E-state index contributed by atoms with van der Waals surface area (Å²) >= 11 is 5.33. The number of benzene rings is 1. The van der Waals surface area contributed by atoms with E-state index in [1.54, 1.807) is 6.07 Å². The summed E-state index contributed by atoms with van der Waals surface area (Å²) in [7, 11) is 0. The third-order valence-corrected chi connectivity index (χ3v) is 4.01. The maximum Gasteiger partial charge on any atom is 0.178 e. The quantitative estimate of drug-likeness (QED) is 0.777. The van der Waals surface area contributed by atoms with Crippen molar-refractivity contribution in [1.29, 1.82) is 0 Å². The van der Waals surface area contributed by atoms with Crippen LogP contribution in [0.15, 0.2) is 18.2 Å². The van der Waals surface area contributed by atoms with Gasteiger partial charge >= 0.3 is 0 Å². The van der Waals surface area contributed by atoms with Crippen LogP contribution in [0.25, 0.3) is 11.0 Å². The third kappa shape index (κ3) is 1.97. The predicted molar refractivity (Wildman–Crippen MR) is 70.6 cm³/mol. The molecule has 5 heteroatoms. The van der Waals surface area contributed by atoms with Crippen molar-refractivity contribution < 1.29 is 9.50 Å². The number of aromatic nitrogens is 2. The number of rotatable bonds is 1. The van der Waals surface area contributed by atoms with E-state index in [2.05, 4.69) is 4.98 Å². The van der Waals surface area contributed by atoms with Crippen molar-refractivity contribution in [2.24, 2.45) is 0 Å². The number of nitrogens with zero attached hydrogens (tertiary/aromatic N) is 1. The van der Waals surface area contributed by atoms with E-state index in [9.17, 15) is 9.50 Å². The van der Waals surface area contributed by atoms with E-state index >= 15 is 0 Å². The molecule has 1 saturated carbocycles. The van der Waals surface area contributed by atoms with E-state index in [0.717, 1.165) is 36.7 Å². The first-order valence-electron chi connectivity index (χ1n) is 6.23. The fourth-order valence-electron chi connectivity index (χ4n) is 2.77. The van der Waals surface area contributed by atoms with E-state index in [1.165, 1.54) is 12.1 Å². The van der Waals surface area contributed by atoms with E-state index < -0.39 is 0 Å². The van der Waals surface area contributed by atoms with Gasteiger partial charge in [-0.25, -0.2) is 4.39 Å². The van der Waals surface area contributed by atoms with Crippen molar-refractivity contribution in [2.45, 2.75) is 37.8 Å². The Kier molecular flexibility index (Phi) is 2.95. The summed E-state index contributed by atoms with van der Waals surface area (Å²) in [5.41, 5.74) is 1.69.